The summed E-state index contributed by atoms with van der Waals surface area (Å²) in [5.41, 5.74) is 3.94. The molecule has 0 aliphatic rings. The van der Waals surface area contributed by atoms with E-state index in [1.54, 1.807) is 0 Å². The predicted molar refractivity (Wildman–Crippen MR) is 83.4 cm³/mol. The van der Waals surface area contributed by atoms with Gasteiger partial charge in [-0.05, 0) is 49.6 Å². The van der Waals surface area contributed by atoms with Crippen LogP contribution in [0.25, 0.3) is 0 Å². The lowest BCUT2D eigenvalue weighted by Gasteiger charge is -2.13. The van der Waals surface area contributed by atoms with Crippen molar-refractivity contribution in [3.8, 4) is 0 Å². The largest absolute Gasteiger partial charge is 0.146 e. The maximum Gasteiger partial charge on any atom is 0.0666 e. The van der Waals surface area contributed by atoms with E-state index >= 15 is 0 Å². The Balaban J connectivity index is 2.43. The molecule has 1 aromatic carbocycles. The van der Waals surface area contributed by atoms with Crippen molar-refractivity contribution in [2.45, 2.75) is 25.6 Å². The highest BCUT2D eigenvalue weighted by atomic mass is 79.9. The predicted octanol–water partition coefficient (Wildman–Crippen LogP) is 5.92. The smallest absolute Gasteiger partial charge is 0.0666 e. The van der Waals surface area contributed by atoms with Gasteiger partial charge in [-0.3, -0.25) is 0 Å². The molecule has 0 N–H and O–H groups in total. The summed E-state index contributed by atoms with van der Waals surface area (Å²) in [5, 5.41) is 0. The Bertz CT molecular complexity index is 543. The number of benzene rings is 1. The van der Waals surface area contributed by atoms with Crippen molar-refractivity contribution in [3.63, 3.8) is 0 Å². The first-order chi connectivity index (χ1) is 7.99. The molecule has 0 fully saturated rings. The lowest BCUT2D eigenvalue weighted by atomic mass is 10.0. The summed E-state index contributed by atoms with van der Waals surface area (Å²) in [6, 6.07) is 8.78. The Labute approximate surface area is 123 Å². The van der Waals surface area contributed by atoms with E-state index in [4.69, 9.17) is 0 Å². The van der Waals surface area contributed by atoms with Crippen LogP contribution in [0.5, 0.6) is 0 Å². The molecular weight excluding hydrogens is 360 g/mol. The van der Waals surface area contributed by atoms with E-state index in [1.807, 2.05) is 11.3 Å². The quantitative estimate of drug-likeness (QED) is 0.573. The molecule has 1 atom stereocenters. The fourth-order valence-electron chi connectivity index (χ4n) is 1.91. The fraction of sp³-hybridized carbons (Fsp3) is 0.286. The van der Waals surface area contributed by atoms with Gasteiger partial charge in [-0.2, -0.15) is 0 Å². The Hall–Kier alpha value is -0.120. The van der Waals surface area contributed by atoms with Crippen molar-refractivity contribution in [2.75, 3.05) is 0 Å². The van der Waals surface area contributed by atoms with Crippen LogP contribution >= 0.6 is 43.2 Å². The molecule has 17 heavy (non-hydrogen) atoms. The van der Waals surface area contributed by atoms with Gasteiger partial charge >= 0.3 is 0 Å². The Kier molecular flexibility index (Phi) is 4.11. The molecular formula is C14H14Br2S. The van der Waals surface area contributed by atoms with Crippen molar-refractivity contribution in [1.82, 2.24) is 0 Å². The molecule has 0 radical (unpaired) electrons. The molecule has 90 valence electrons. The summed E-state index contributed by atoms with van der Waals surface area (Å²) in [6.07, 6.45) is 0. The zero-order chi connectivity index (χ0) is 12.6. The molecule has 0 aliphatic heterocycles. The SMILES string of the molecule is Cc1ccc(C(Br)c2cc(C)sc2C)c(Br)c1. The molecule has 0 amide bonds. The average molecular weight is 374 g/mol. The van der Waals surface area contributed by atoms with Crippen molar-refractivity contribution in [2.24, 2.45) is 0 Å². The second-order valence-corrected chi connectivity index (χ2v) is 7.49. The van der Waals surface area contributed by atoms with E-state index in [2.05, 4.69) is 76.9 Å². The molecule has 1 heterocycles. The van der Waals surface area contributed by atoms with Crippen molar-refractivity contribution >= 4 is 43.2 Å². The minimum Gasteiger partial charge on any atom is -0.146 e. The standard InChI is InChI=1S/C14H14Br2S/c1-8-4-5-11(13(15)6-8)14(16)12-7-9(2)17-10(12)3/h4-7,14H,1-3H3. The third-order valence-corrected chi connectivity index (χ3v) is 5.44. The Morgan fingerprint density at radius 2 is 1.76 bits per heavy atom. The highest BCUT2D eigenvalue weighted by Crippen LogP contribution is 2.39. The number of hydrogen-bond donors (Lipinski definition) is 0. The van der Waals surface area contributed by atoms with Crippen LogP contribution in [-0.2, 0) is 0 Å². The number of alkyl halides is 1. The number of aryl methyl sites for hydroxylation is 3. The van der Waals surface area contributed by atoms with Crippen molar-refractivity contribution < 1.29 is 0 Å². The van der Waals surface area contributed by atoms with Crippen LogP contribution in [0.1, 0.15) is 31.3 Å². The molecule has 1 unspecified atom stereocenters. The van der Waals surface area contributed by atoms with Gasteiger partial charge in [0.25, 0.3) is 0 Å². The van der Waals surface area contributed by atoms with Gasteiger partial charge in [0.2, 0.25) is 0 Å². The fourth-order valence-corrected chi connectivity index (χ4v) is 4.93. The molecule has 2 aromatic rings. The number of thiophene rings is 1. The van der Waals surface area contributed by atoms with E-state index in [-0.39, 0.29) is 4.83 Å². The summed E-state index contributed by atoms with van der Waals surface area (Å²) < 4.78 is 1.17. The lowest BCUT2D eigenvalue weighted by Crippen LogP contribution is -1.94. The van der Waals surface area contributed by atoms with Crippen LogP contribution in [0.3, 0.4) is 0 Å². The maximum atomic E-state index is 3.81. The normalized spacial score (nSPS) is 12.8. The van der Waals surface area contributed by atoms with Crippen LogP contribution in [0.15, 0.2) is 28.7 Å². The summed E-state index contributed by atoms with van der Waals surface area (Å²) in [5.74, 6) is 0. The van der Waals surface area contributed by atoms with Crippen molar-refractivity contribution in [1.29, 1.82) is 0 Å². The van der Waals surface area contributed by atoms with Crippen molar-refractivity contribution in [3.05, 3.63) is 55.2 Å². The van der Waals surface area contributed by atoms with E-state index in [0.29, 0.717) is 0 Å². The maximum absolute atomic E-state index is 3.81. The number of halogens is 2. The van der Waals surface area contributed by atoms with Crippen LogP contribution in [0, 0.1) is 20.8 Å². The first-order valence-corrected chi connectivity index (χ1v) is 7.98. The number of hydrogen-bond acceptors (Lipinski definition) is 1. The van der Waals surface area contributed by atoms with Gasteiger partial charge in [-0.25, -0.2) is 0 Å². The van der Waals surface area contributed by atoms with Crippen LogP contribution in [0.4, 0.5) is 0 Å². The highest BCUT2D eigenvalue weighted by Gasteiger charge is 2.17. The zero-order valence-electron chi connectivity index (χ0n) is 10.1. The summed E-state index contributed by atoms with van der Waals surface area (Å²) in [4.78, 5) is 3.02. The molecule has 3 heteroatoms. The van der Waals surface area contributed by atoms with Crippen LogP contribution in [0.2, 0.25) is 0 Å². The van der Waals surface area contributed by atoms with Gasteiger partial charge < -0.3 is 0 Å². The van der Waals surface area contributed by atoms with E-state index < -0.39 is 0 Å². The van der Waals surface area contributed by atoms with E-state index in [9.17, 15) is 0 Å². The molecule has 0 aliphatic carbocycles. The minimum atomic E-state index is 0.266. The van der Waals surface area contributed by atoms with Crippen LogP contribution < -0.4 is 0 Å². The van der Waals surface area contributed by atoms with Gasteiger partial charge in [0.1, 0.15) is 0 Å². The molecule has 0 bridgehead atoms. The average Bonchev–Trinajstić information content (AvgIpc) is 2.57. The van der Waals surface area contributed by atoms with Gasteiger partial charge in [0, 0.05) is 14.2 Å². The highest BCUT2D eigenvalue weighted by molar-refractivity contribution is 9.11. The molecule has 0 nitrogen and oxygen atoms in total. The molecule has 2 rings (SSSR count). The summed E-state index contributed by atoms with van der Waals surface area (Å²) in [6.45, 7) is 6.45. The number of rotatable bonds is 2. The third-order valence-electron chi connectivity index (χ3n) is 2.78. The van der Waals surface area contributed by atoms with Gasteiger partial charge in [0.15, 0.2) is 0 Å². The van der Waals surface area contributed by atoms with Gasteiger partial charge in [-0.15, -0.1) is 11.3 Å². The summed E-state index contributed by atoms with van der Waals surface area (Å²) >= 11 is 9.32. The second-order valence-electron chi connectivity index (χ2n) is 4.26. The topological polar surface area (TPSA) is 0 Å². The third kappa shape index (κ3) is 2.83. The molecule has 0 saturated carbocycles. The minimum absolute atomic E-state index is 0.266. The van der Waals surface area contributed by atoms with Gasteiger partial charge in [0.05, 0.1) is 4.83 Å². The first-order valence-electron chi connectivity index (χ1n) is 5.46. The zero-order valence-corrected chi connectivity index (χ0v) is 14.0. The second kappa shape index (κ2) is 5.25. The lowest BCUT2D eigenvalue weighted by molar-refractivity contribution is 1.15. The molecule has 1 aromatic heterocycles. The Morgan fingerprint density at radius 1 is 1.06 bits per heavy atom. The monoisotopic (exact) mass is 372 g/mol. The first kappa shape index (κ1) is 13.3. The van der Waals surface area contributed by atoms with E-state index in [1.165, 1.54) is 30.9 Å². The molecule has 0 saturated heterocycles. The molecule has 0 spiro atoms. The van der Waals surface area contributed by atoms with Crippen LogP contribution in [-0.4, -0.2) is 0 Å². The summed E-state index contributed by atoms with van der Waals surface area (Å²) in [7, 11) is 0. The van der Waals surface area contributed by atoms with E-state index in [0.717, 1.165) is 0 Å². The van der Waals surface area contributed by atoms with Gasteiger partial charge in [-0.1, -0.05) is 44.0 Å². The Morgan fingerprint density at radius 3 is 2.29 bits per heavy atom.